The summed E-state index contributed by atoms with van der Waals surface area (Å²) in [6.45, 7) is 0. The molecule has 138 valence electrons. The summed E-state index contributed by atoms with van der Waals surface area (Å²) in [7, 11) is 0. The average molecular weight is 411 g/mol. The lowest BCUT2D eigenvalue weighted by Crippen LogP contribution is -2.11. The molecule has 0 aliphatic heterocycles. The van der Waals surface area contributed by atoms with E-state index in [9.17, 15) is 9.18 Å². The van der Waals surface area contributed by atoms with Crippen molar-refractivity contribution in [3.63, 3.8) is 0 Å². The Morgan fingerprint density at radius 1 is 1.07 bits per heavy atom. The van der Waals surface area contributed by atoms with Crippen LogP contribution in [0.4, 0.5) is 10.1 Å². The van der Waals surface area contributed by atoms with E-state index in [4.69, 9.17) is 11.6 Å². The Morgan fingerprint density at radius 3 is 2.68 bits per heavy atom. The first-order valence-corrected chi connectivity index (χ1v) is 9.41. The number of benzene rings is 2. The molecule has 0 aliphatic carbocycles. The molecule has 0 saturated carbocycles. The van der Waals surface area contributed by atoms with Gasteiger partial charge in [-0.1, -0.05) is 35.1 Å². The molecule has 0 unspecified atom stereocenters. The molecule has 0 spiro atoms. The monoisotopic (exact) mass is 410 g/mol. The smallest absolute Gasteiger partial charge is 0.286 e. The number of halogens is 2. The van der Waals surface area contributed by atoms with Crippen LogP contribution in [0.1, 0.15) is 20.4 Å². The third-order valence-corrected chi connectivity index (χ3v) is 5.20. The molecule has 1 amide bonds. The highest BCUT2D eigenvalue weighted by Gasteiger charge is 2.15. The van der Waals surface area contributed by atoms with E-state index in [-0.39, 0.29) is 10.8 Å². The molecular weight excluding hydrogens is 399 g/mol. The van der Waals surface area contributed by atoms with Gasteiger partial charge in [-0.05, 0) is 54.1 Å². The van der Waals surface area contributed by atoms with E-state index in [2.05, 4.69) is 20.5 Å². The van der Waals surface area contributed by atoms with Gasteiger partial charge < -0.3 is 5.32 Å². The van der Waals surface area contributed by atoms with Gasteiger partial charge in [0.2, 0.25) is 5.01 Å². The number of carbonyl (C=O) groups is 1. The van der Waals surface area contributed by atoms with Crippen LogP contribution in [0.15, 0.2) is 60.8 Å². The number of pyridine rings is 1. The lowest BCUT2D eigenvalue weighted by Gasteiger charge is -2.01. The second-order valence-corrected chi connectivity index (χ2v) is 7.21. The maximum Gasteiger partial charge on any atom is 0.286 e. The molecule has 28 heavy (non-hydrogen) atoms. The minimum absolute atomic E-state index is 0.161. The SMILES string of the molecule is O=C(Nc1ccc(F)cc1)c1nnc(/C(Cl)=C/c2ccc3ncccc3c2)s1. The van der Waals surface area contributed by atoms with Crippen molar-refractivity contribution in [2.75, 3.05) is 5.32 Å². The predicted octanol–water partition coefficient (Wildman–Crippen LogP) is 5.21. The molecule has 1 N–H and O–H groups in total. The minimum atomic E-state index is -0.434. The Bertz CT molecular complexity index is 1190. The Kier molecular flexibility index (Phi) is 5.10. The summed E-state index contributed by atoms with van der Waals surface area (Å²) < 4.78 is 12.9. The van der Waals surface area contributed by atoms with Crippen molar-refractivity contribution in [2.24, 2.45) is 0 Å². The fourth-order valence-electron chi connectivity index (χ4n) is 2.52. The van der Waals surface area contributed by atoms with Crippen LogP contribution >= 0.6 is 22.9 Å². The number of hydrogen-bond donors (Lipinski definition) is 1. The molecule has 2 aromatic carbocycles. The first-order chi connectivity index (χ1) is 13.6. The molecule has 0 radical (unpaired) electrons. The summed E-state index contributed by atoms with van der Waals surface area (Å²) in [6.07, 6.45) is 3.50. The van der Waals surface area contributed by atoms with Crippen molar-refractivity contribution in [3.05, 3.63) is 82.2 Å². The van der Waals surface area contributed by atoms with Crippen LogP contribution < -0.4 is 5.32 Å². The zero-order valence-electron chi connectivity index (χ0n) is 14.3. The fraction of sp³-hybridized carbons (Fsp3) is 0. The molecule has 0 aliphatic rings. The number of amides is 1. The summed E-state index contributed by atoms with van der Waals surface area (Å²) >= 11 is 7.44. The van der Waals surface area contributed by atoms with E-state index in [0.717, 1.165) is 27.8 Å². The van der Waals surface area contributed by atoms with Gasteiger partial charge in [-0.2, -0.15) is 0 Å². The van der Waals surface area contributed by atoms with Crippen molar-refractivity contribution in [1.82, 2.24) is 15.2 Å². The van der Waals surface area contributed by atoms with E-state index in [1.807, 2.05) is 30.3 Å². The standard InChI is InChI=1S/C20H12ClFN4OS/c21-16(11-12-3-8-17-13(10-12)2-1-9-23-17)19-25-26-20(28-19)18(27)24-15-6-4-14(22)5-7-15/h1-11H,(H,24,27)/b16-11-. The number of fused-ring (bicyclic) bond motifs is 1. The molecule has 4 aromatic rings. The third kappa shape index (κ3) is 4.05. The van der Waals surface area contributed by atoms with Gasteiger partial charge in [-0.25, -0.2) is 4.39 Å². The highest BCUT2D eigenvalue weighted by Crippen LogP contribution is 2.26. The number of nitrogens with zero attached hydrogens (tertiary/aromatic N) is 3. The maximum absolute atomic E-state index is 12.9. The van der Waals surface area contributed by atoms with Gasteiger partial charge in [-0.3, -0.25) is 9.78 Å². The maximum atomic E-state index is 12.9. The van der Waals surface area contributed by atoms with E-state index >= 15 is 0 Å². The van der Waals surface area contributed by atoms with Gasteiger partial charge in [0.25, 0.3) is 5.91 Å². The van der Waals surface area contributed by atoms with Crippen molar-refractivity contribution < 1.29 is 9.18 Å². The topological polar surface area (TPSA) is 67.8 Å². The molecule has 5 nitrogen and oxygen atoms in total. The summed E-state index contributed by atoms with van der Waals surface area (Å²) in [6, 6.07) is 15.1. The van der Waals surface area contributed by atoms with Crippen LogP contribution in [-0.2, 0) is 0 Å². The highest BCUT2D eigenvalue weighted by molar-refractivity contribution is 7.15. The van der Waals surface area contributed by atoms with Crippen molar-refractivity contribution in [1.29, 1.82) is 0 Å². The molecule has 0 atom stereocenters. The van der Waals surface area contributed by atoms with Gasteiger partial charge in [0.1, 0.15) is 5.82 Å². The van der Waals surface area contributed by atoms with Gasteiger partial charge in [-0.15, -0.1) is 10.2 Å². The summed E-state index contributed by atoms with van der Waals surface area (Å²) in [5.74, 6) is -0.811. The summed E-state index contributed by atoms with van der Waals surface area (Å²) in [5, 5.41) is 12.5. The highest BCUT2D eigenvalue weighted by atomic mass is 35.5. The van der Waals surface area contributed by atoms with E-state index in [1.165, 1.54) is 24.3 Å². The number of rotatable bonds is 4. The molecule has 4 rings (SSSR count). The molecule has 2 heterocycles. The van der Waals surface area contributed by atoms with E-state index in [0.29, 0.717) is 15.7 Å². The lowest BCUT2D eigenvalue weighted by atomic mass is 10.1. The van der Waals surface area contributed by atoms with Crippen LogP contribution in [0, 0.1) is 5.82 Å². The van der Waals surface area contributed by atoms with Crippen LogP contribution in [0.2, 0.25) is 0 Å². The Hall–Kier alpha value is -3.16. The number of anilines is 1. The summed E-state index contributed by atoms with van der Waals surface area (Å²) in [5.41, 5.74) is 2.25. The number of aromatic nitrogens is 3. The van der Waals surface area contributed by atoms with Gasteiger partial charge >= 0.3 is 0 Å². The third-order valence-electron chi connectivity index (χ3n) is 3.85. The molecule has 0 saturated heterocycles. The quantitative estimate of drug-likeness (QED) is 0.501. The second kappa shape index (κ2) is 7.84. The van der Waals surface area contributed by atoms with E-state index < -0.39 is 5.91 Å². The van der Waals surface area contributed by atoms with Gasteiger partial charge in [0.15, 0.2) is 5.01 Å². The number of carbonyl (C=O) groups excluding carboxylic acids is 1. The molecule has 0 bridgehead atoms. The molecule has 8 heteroatoms. The molecule has 0 fully saturated rings. The first kappa shape index (κ1) is 18.2. The van der Waals surface area contributed by atoms with Crippen LogP contribution in [0.3, 0.4) is 0 Å². The van der Waals surface area contributed by atoms with E-state index in [1.54, 1.807) is 12.3 Å². The number of nitrogens with one attached hydrogen (secondary N) is 1. The fourth-order valence-corrected chi connectivity index (χ4v) is 3.45. The van der Waals surface area contributed by atoms with Crippen molar-refractivity contribution in [2.45, 2.75) is 0 Å². The molecule has 2 aromatic heterocycles. The van der Waals surface area contributed by atoms with Gasteiger partial charge in [0.05, 0.1) is 10.5 Å². The number of hydrogen-bond acceptors (Lipinski definition) is 5. The second-order valence-electron chi connectivity index (χ2n) is 5.82. The van der Waals surface area contributed by atoms with Crippen LogP contribution in [0.5, 0.6) is 0 Å². The normalized spacial score (nSPS) is 11.6. The largest absolute Gasteiger partial charge is 0.320 e. The minimum Gasteiger partial charge on any atom is -0.320 e. The summed E-state index contributed by atoms with van der Waals surface area (Å²) in [4.78, 5) is 16.6. The zero-order chi connectivity index (χ0) is 19.5. The van der Waals surface area contributed by atoms with Crippen molar-refractivity contribution >= 4 is 56.5 Å². The zero-order valence-corrected chi connectivity index (χ0v) is 15.8. The van der Waals surface area contributed by atoms with Crippen LogP contribution in [0.25, 0.3) is 22.0 Å². The first-order valence-electron chi connectivity index (χ1n) is 8.21. The Balaban J connectivity index is 1.52. The lowest BCUT2D eigenvalue weighted by molar-refractivity contribution is 0.102. The Labute approximate surface area is 168 Å². The predicted molar refractivity (Wildman–Crippen MR) is 110 cm³/mol. The average Bonchev–Trinajstić information content (AvgIpc) is 3.20. The van der Waals surface area contributed by atoms with Crippen LogP contribution in [-0.4, -0.2) is 21.1 Å². The molecular formula is C20H12ClFN4OS. The Morgan fingerprint density at radius 2 is 1.86 bits per heavy atom. The van der Waals surface area contributed by atoms with Gasteiger partial charge in [0, 0.05) is 17.3 Å². The van der Waals surface area contributed by atoms with Crippen molar-refractivity contribution in [3.8, 4) is 0 Å².